The Kier molecular flexibility index (Phi) is 6.11. The SMILES string of the molecule is CCC(C)CNC(=O)c1cc(C)ccc1C#CCN. The van der Waals surface area contributed by atoms with Gasteiger partial charge in [-0.3, -0.25) is 4.79 Å². The molecule has 0 saturated heterocycles. The van der Waals surface area contributed by atoms with Gasteiger partial charge in [-0.05, 0) is 25.0 Å². The predicted octanol–water partition coefficient (Wildman–Crippen LogP) is 2.08. The van der Waals surface area contributed by atoms with Gasteiger partial charge in [-0.2, -0.15) is 0 Å². The zero-order chi connectivity index (χ0) is 14.3. The van der Waals surface area contributed by atoms with Crippen molar-refractivity contribution in [2.24, 2.45) is 11.7 Å². The molecule has 19 heavy (non-hydrogen) atoms. The van der Waals surface area contributed by atoms with Gasteiger partial charge in [0.05, 0.1) is 12.1 Å². The van der Waals surface area contributed by atoms with Crippen LogP contribution in [0.15, 0.2) is 18.2 Å². The molecule has 0 aliphatic heterocycles. The van der Waals surface area contributed by atoms with Gasteiger partial charge in [0.1, 0.15) is 0 Å². The quantitative estimate of drug-likeness (QED) is 0.812. The van der Waals surface area contributed by atoms with E-state index in [2.05, 4.69) is 31.0 Å². The van der Waals surface area contributed by atoms with Crippen LogP contribution < -0.4 is 11.1 Å². The van der Waals surface area contributed by atoms with Gasteiger partial charge in [0.25, 0.3) is 5.91 Å². The number of nitrogens with two attached hydrogens (primary N) is 1. The Hall–Kier alpha value is -1.79. The first-order valence-corrected chi connectivity index (χ1v) is 6.66. The minimum atomic E-state index is -0.0645. The van der Waals surface area contributed by atoms with Crippen molar-refractivity contribution < 1.29 is 4.79 Å². The van der Waals surface area contributed by atoms with Crippen LogP contribution in [-0.2, 0) is 0 Å². The third-order valence-electron chi connectivity index (χ3n) is 3.05. The second kappa shape index (κ2) is 7.60. The number of aryl methyl sites for hydroxylation is 1. The second-order valence-corrected chi connectivity index (χ2v) is 4.78. The molecule has 1 aromatic carbocycles. The Balaban J connectivity index is 2.90. The molecular weight excluding hydrogens is 236 g/mol. The molecule has 1 atom stereocenters. The van der Waals surface area contributed by atoms with Crippen molar-refractivity contribution in [3.05, 3.63) is 34.9 Å². The van der Waals surface area contributed by atoms with Crippen molar-refractivity contribution in [3.8, 4) is 11.8 Å². The van der Waals surface area contributed by atoms with Gasteiger partial charge in [-0.15, -0.1) is 0 Å². The van der Waals surface area contributed by atoms with Crippen LogP contribution in [-0.4, -0.2) is 19.0 Å². The summed E-state index contributed by atoms with van der Waals surface area (Å²) in [4.78, 5) is 12.2. The average molecular weight is 258 g/mol. The molecule has 1 aromatic rings. The van der Waals surface area contributed by atoms with Crippen molar-refractivity contribution in [2.75, 3.05) is 13.1 Å². The molecular formula is C16H22N2O. The van der Waals surface area contributed by atoms with Crippen molar-refractivity contribution in [2.45, 2.75) is 27.2 Å². The van der Waals surface area contributed by atoms with E-state index in [0.717, 1.165) is 17.5 Å². The first kappa shape index (κ1) is 15.3. The number of carbonyl (C=O) groups is 1. The lowest BCUT2D eigenvalue weighted by atomic mass is 10.0. The third kappa shape index (κ3) is 4.76. The van der Waals surface area contributed by atoms with E-state index in [4.69, 9.17) is 5.73 Å². The fourth-order valence-corrected chi connectivity index (χ4v) is 1.61. The standard InChI is InChI=1S/C16H22N2O/c1-4-12(2)11-18-16(19)15-10-13(3)7-8-14(15)6-5-9-17/h7-8,10,12H,4,9,11,17H2,1-3H3,(H,18,19). The lowest BCUT2D eigenvalue weighted by molar-refractivity contribution is 0.0947. The molecule has 1 rings (SSSR count). The van der Waals surface area contributed by atoms with Crippen LogP contribution in [0, 0.1) is 24.7 Å². The highest BCUT2D eigenvalue weighted by Crippen LogP contribution is 2.11. The van der Waals surface area contributed by atoms with Crippen LogP contribution in [0.5, 0.6) is 0 Å². The normalized spacial score (nSPS) is 11.4. The summed E-state index contributed by atoms with van der Waals surface area (Å²) in [5.41, 5.74) is 7.79. The zero-order valence-corrected chi connectivity index (χ0v) is 11.9. The van der Waals surface area contributed by atoms with Crippen LogP contribution in [0.1, 0.15) is 41.8 Å². The van der Waals surface area contributed by atoms with Gasteiger partial charge in [-0.25, -0.2) is 0 Å². The van der Waals surface area contributed by atoms with Crippen LogP contribution in [0.2, 0.25) is 0 Å². The molecule has 102 valence electrons. The first-order chi connectivity index (χ1) is 9.08. The summed E-state index contributed by atoms with van der Waals surface area (Å²) in [7, 11) is 0. The van der Waals surface area contributed by atoms with Crippen LogP contribution in [0.4, 0.5) is 0 Å². The highest BCUT2D eigenvalue weighted by Gasteiger charge is 2.11. The zero-order valence-electron chi connectivity index (χ0n) is 11.9. The predicted molar refractivity (Wildman–Crippen MR) is 78.9 cm³/mol. The van der Waals surface area contributed by atoms with Crippen LogP contribution in [0.3, 0.4) is 0 Å². The van der Waals surface area contributed by atoms with Crippen LogP contribution >= 0.6 is 0 Å². The van der Waals surface area contributed by atoms with Crippen LogP contribution in [0.25, 0.3) is 0 Å². The summed E-state index contributed by atoms with van der Waals surface area (Å²) in [6.45, 7) is 7.17. The Morgan fingerprint density at radius 2 is 2.21 bits per heavy atom. The number of carbonyl (C=O) groups excluding carboxylic acids is 1. The molecule has 0 saturated carbocycles. The summed E-state index contributed by atoms with van der Waals surface area (Å²) in [6.07, 6.45) is 1.05. The van der Waals surface area contributed by atoms with Gasteiger partial charge in [0.15, 0.2) is 0 Å². The maximum Gasteiger partial charge on any atom is 0.252 e. The molecule has 0 bridgehead atoms. The summed E-state index contributed by atoms with van der Waals surface area (Å²) in [6, 6.07) is 5.69. The van der Waals surface area contributed by atoms with Gasteiger partial charge in [-0.1, -0.05) is 43.7 Å². The molecule has 3 N–H and O–H groups in total. The minimum absolute atomic E-state index is 0.0645. The fraction of sp³-hybridized carbons (Fsp3) is 0.438. The molecule has 0 radical (unpaired) electrons. The molecule has 0 aliphatic carbocycles. The monoisotopic (exact) mass is 258 g/mol. The number of nitrogens with one attached hydrogen (secondary N) is 1. The van der Waals surface area contributed by atoms with E-state index in [1.165, 1.54) is 0 Å². The Labute approximate surface area is 115 Å². The number of hydrogen-bond acceptors (Lipinski definition) is 2. The maximum absolute atomic E-state index is 12.2. The number of amides is 1. The molecule has 3 nitrogen and oxygen atoms in total. The van der Waals surface area contributed by atoms with Gasteiger partial charge >= 0.3 is 0 Å². The summed E-state index contributed by atoms with van der Waals surface area (Å²) in [5, 5.41) is 2.96. The van der Waals surface area contributed by atoms with Gasteiger partial charge in [0, 0.05) is 12.1 Å². The Morgan fingerprint density at radius 3 is 2.84 bits per heavy atom. The molecule has 0 aromatic heterocycles. The molecule has 3 heteroatoms. The van der Waals surface area contributed by atoms with Crippen molar-refractivity contribution in [3.63, 3.8) is 0 Å². The van der Waals surface area contributed by atoms with E-state index in [-0.39, 0.29) is 5.91 Å². The van der Waals surface area contributed by atoms with Crippen molar-refractivity contribution >= 4 is 5.91 Å². The number of hydrogen-bond donors (Lipinski definition) is 2. The topological polar surface area (TPSA) is 55.1 Å². The Morgan fingerprint density at radius 1 is 1.47 bits per heavy atom. The smallest absolute Gasteiger partial charge is 0.252 e. The highest BCUT2D eigenvalue weighted by molar-refractivity contribution is 5.96. The highest BCUT2D eigenvalue weighted by atomic mass is 16.1. The number of benzene rings is 1. The van der Waals surface area contributed by atoms with E-state index in [1.54, 1.807) is 0 Å². The number of rotatable bonds is 4. The van der Waals surface area contributed by atoms with E-state index in [1.807, 2.05) is 25.1 Å². The largest absolute Gasteiger partial charge is 0.352 e. The maximum atomic E-state index is 12.2. The fourth-order valence-electron chi connectivity index (χ4n) is 1.61. The van der Waals surface area contributed by atoms with E-state index in [0.29, 0.717) is 24.6 Å². The summed E-state index contributed by atoms with van der Waals surface area (Å²) in [5.74, 6) is 6.15. The molecule has 0 fully saturated rings. The van der Waals surface area contributed by atoms with Gasteiger partial charge in [0.2, 0.25) is 0 Å². The lowest BCUT2D eigenvalue weighted by Gasteiger charge is -2.11. The summed E-state index contributed by atoms with van der Waals surface area (Å²) < 4.78 is 0. The Bertz CT molecular complexity index is 497. The molecule has 0 aliphatic rings. The van der Waals surface area contributed by atoms with E-state index >= 15 is 0 Å². The lowest BCUT2D eigenvalue weighted by Crippen LogP contribution is -2.28. The van der Waals surface area contributed by atoms with Crippen molar-refractivity contribution in [1.82, 2.24) is 5.32 Å². The van der Waals surface area contributed by atoms with E-state index in [9.17, 15) is 4.79 Å². The molecule has 0 heterocycles. The van der Waals surface area contributed by atoms with E-state index < -0.39 is 0 Å². The third-order valence-corrected chi connectivity index (χ3v) is 3.05. The average Bonchev–Trinajstić information content (AvgIpc) is 2.42. The summed E-state index contributed by atoms with van der Waals surface area (Å²) >= 11 is 0. The molecule has 1 amide bonds. The second-order valence-electron chi connectivity index (χ2n) is 4.78. The molecule has 1 unspecified atom stereocenters. The van der Waals surface area contributed by atoms with Crippen molar-refractivity contribution in [1.29, 1.82) is 0 Å². The van der Waals surface area contributed by atoms with Gasteiger partial charge < -0.3 is 11.1 Å². The molecule has 0 spiro atoms. The minimum Gasteiger partial charge on any atom is -0.352 e. The first-order valence-electron chi connectivity index (χ1n) is 6.66.